The monoisotopic (exact) mass is 371 g/mol. The molecule has 0 saturated heterocycles. The van der Waals surface area contributed by atoms with Crippen LogP contribution in [0.5, 0.6) is 0 Å². The first-order valence-electron chi connectivity index (χ1n) is 7.36. The summed E-state index contributed by atoms with van der Waals surface area (Å²) in [5.74, 6) is -2.77. The van der Waals surface area contributed by atoms with Gasteiger partial charge in [-0.3, -0.25) is 19.7 Å². The first-order valence-corrected chi connectivity index (χ1v) is 7.74. The molecule has 1 rings (SSSR count). The molecule has 1 aromatic carbocycles. The van der Waals surface area contributed by atoms with E-state index in [4.69, 9.17) is 16.7 Å². The Morgan fingerprint density at radius 1 is 1.32 bits per heavy atom. The van der Waals surface area contributed by atoms with E-state index in [-0.39, 0.29) is 22.9 Å². The molecule has 3 N–H and O–H groups in total. The van der Waals surface area contributed by atoms with Crippen molar-refractivity contribution >= 4 is 35.1 Å². The van der Waals surface area contributed by atoms with Crippen LogP contribution in [0.15, 0.2) is 18.2 Å². The second-order valence-electron chi connectivity index (χ2n) is 5.66. The number of halogens is 1. The summed E-state index contributed by atoms with van der Waals surface area (Å²) in [6.07, 6.45) is 0.227. The summed E-state index contributed by atoms with van der Waals surface area (Å²) in [4.78, 5) is 45.2. The molecule has 1 aromatic rings. The van der Waals surface area contributed by atoms with Crippen LogP contribution >= 0.6 is 11.6 Å². The van der Waals surface area contributed by atoms with Crippen LogP contribution in [0.2, 0.25) is 5.02 Å². The largest absolute Gasteiger partial charge is 0.480 e. The first kappa shape index (κ1) is 20.4. The van der Waals surface area contributed by atoms with Gasteiger partial charge in [0.15, 0.2) is 0 Å². The fourth-order valence-corrected chi connectivity index (χ4v) is 2.33. The number of nitrogens with one attached hydrogen (secondary N) is 2. The van der Waals surface area contributed by atoms with Gasteiger partial charge in [0.25, 0.3) is 11.6 Å². The minimum absolute atomic E-state index is 0.0433. The number of aliphatic carboxylic acids is 1. The Kier molecular flexibility index (Phi) is 7.31. The number of nitro benzene ring substituents is 1. The van der Waals surface area contributed by atoms with E-state index in [0.29, 0.717) is 0 Å². The van der Waals surface area contributed by atoms with Crippen molar-refractivity contribution in [3.63, 3.8) is 0 Å². The number of amides is 2. The molecular weight excluding hydrogens is 354 g/mol. The summed E-state index contributed by atoms with van der Waals surface area (Å²) in [5.41, 5.74) is -0.854. The lowest BCUT2D eigenvalue weighted by Gasteiger charge is -2.16. The molecular formula is C15H18ClN3O6. The van der Waals surface area contributed by atoms with E-state index in [0.717, 1.165) is 6.07 Å². The third-order valence-electron chi connectivity index (χ3n) is 3.17. The van der Waals surface area contributed by atoms with Gasteiger partial charge in [-0.2, -0.15) is 0 Å². The highest BCUT2D eigenvalue weighted by atomic mass is 35.5. The molecule has 10 heteroatoms. The Labute approximate surface area is 148 Å². The highest BCUT2D eigenvalue weighted by molar-refractivity contribution is 6.34. The van der Waals surface area contributed by atoms with Crippen molar-refractivity contribution in [3.05, 3.63) is 38.9 Å². The Morgan fingerprint density at radius 3 is 2.48 bits per heavy atom. The van der Waals surface area contributed by atoms with Gasteiger partial charge >= 0.3 is 5.97 Å². The standard InChI is InChI=1S/C15H18ClN3O6/c1-8(2)6-10(15(22)23)18-12(20)7-17-14(21)13-9(16)4-3-5-11(13)19(24)25/h3-5,8,10H,6-7H2,1-2H3,(H,17,21)(H,18,20)(H,22,23)/t10-/m0/s1. The van der Waals surface area contributed by atoms with Gasteiger partial charge in [0.05, 0.1) is 16.5 Å². The van der Waals surface area contributed by atoms with Gasteiger partial charge in [-0.25, -0.2) is 4.79 Å². The highest BCUT2D eigenvalue weighted by Gasteiger charge is 2.25. The van der Waals surface area contributed by atoms with Crippen LogP contribution in [0.25, 0.3) is 0 Å². The van der Waals surface area contributed by atoms with Gasteiger partial charge in [0.1, 0.15) is 11.6 Å². The van der Waals surface area contributed by atoms with Gasteiger partial charge in [0.2, 0.25) is 5.91 Å². The Balaban J connectivity index is 2.75. The lowest BCUT2D eigenvalue weighted by Crippen LogP contribution is -2.46. The van der Waals surface area contributed by atoms with E-state index < -0.39 is 41.0 Å². The van der Waals surface area contributed by atoms with Crippen molar-refractivity contribution < 1.29 is 24.4 Å². The minimum Gasteiger partial charge on any atom is -0.480 e. The van der Waals surface area contributed by atoms with Crippen molar-refractivity contribution in [2.45, 2.75) is 26.3 Å². The van der Waals surface area contributed by atoms with Crippen molar-refractivity contribution in [2.75, 3.05) is 6.54 Å². The SMILES string of the molecule is CC(C)C[C@H](NC(=O)CNC(=O)c1c(Cl)cccc1[N+](=O)[O-])C(=O)O. The number of nitrogens with zero attached hydrogens (tertiary/aromatic N) is 1. The molecule has 0 saturated carbocycles. The zero-order valence-electron chi connectivity index (χ0n) is 13.6. The predicted octanol–water partition coefficient (Wildman–Crippen LogP) is 1.59. The van der Waals surface area contributed by atoms with Gasteiger partial charge in [-0.05, 0) is 18.4 Å². The summed E-state index contributed by atoms with van der Waals surface area (Å²) in [5, 5.41) is 24.4. The number of carboxylic acid groups (broad SMARTS) is 1. The van der Waals surface area contributed by atoms with E-state index in [1.54, 1.807) is 13.8 Å². The quantitative estimate of drug-likeness (QED) is 0.468. The third-order valence-corrected chi connectivity index (χ3v) is 3.48. The van der Waals surface area contributed by atoms with Crippen molar-refractivity contribution in [1.82, 2.24) is 10.6 Å². The Bertz CT molecular complexity index is 692. The first-order chi connectivity index (χ1) is 11.6. The molecule has 136 valence electrons. The number of nitro groups is 1. The summed E-state index contributed by atoms with van der Waals surface area (Å²) in [6, 6.07) is 2.67. The molecule has 2 amide bonds. The number of hydrogen-bond acceptors (Lipinski definition) is 5. The molecule has 0 spiro atoms. The second kappa shape index (κ2) is 8.97. The molecule has 0 aliphatic heterocycles. The molecule has 0 fully saturated rings. The number of hydrogen-bond donors (Lipinski definition) is 3. The minimum atomic E-state index is -1.19. The maximum Gasteiger partial charge on any atom is 0.326 e. The molecule has 0 radical (unpaired) electrons. The number of carboxylic acids is 1. The van der Waals surface area contributed by atoms with Crippen LogP contribution in [0.1, 0.15) is 30.6 Å². The summed E-state index contributed by atoms with van der Waals surface area (Å²) < 4.78 is 0. The number of rotatable bonds is 8. The molecule has 25 heavy (non-hydrogen) atoms. The van der Waals surface area contributed by atoms with E-state index in [1.807, 2.05) is 0 Å². The third kappa shape index (κ3) is 6.03. The Morgan fingerprint density at radius 2 is 1.96 bits per heavy atom. The van der Waals surface area contributed by atoms with Crippen LogP contribution < -0.4 is 10.6 Å². The molecule has 0 aliphatic rings. The van der Waals surface area contributed by atoms with Crippen molar-refractivity contribution in [3.8, 4) is 0 Å². The normalized spacial score (nSPS) is 11.7. The summed E-state index contributed by atoms with van der Waals surface area (Å²) in [7, 11) is 0. The maximum absolute atomic E-state index is 12.1. The van der Waals surface area contributed by atoms with Gasteiger partial charge < -0.3 is 15.7 Å². The lowest BCUT2D eigenvalue weighted by molar-refractivity contribution is -0.385. The van der Waals surface area contributed by atoms with Crippen molar-refractivity contribution in [1.29, 1.82) is 0 Å². The summed E-state index contributed by atoms with van der Waals surface area (Å²) in [6.45, 7) is 3.07. The number of carbonyl (C=O) groups is 3. The van der Waals surface area contributed by atoms with Crippen LogP contribution in [-0.2, 0) is 9.59 Å². The van der Waals surface area contributed by atoms with E-state index >= 15 is 0 Å². The molecule has 9 nitrogen and oxygen atoms in total. The molecule has 0 heterocycles. The average molecular weight is 372 g/mol. The van der Waals surface area contributed by atoms with Gasteiger partial charge in [-0.1, -0.05) is 31.5 Å². The average Bonchev–Trinajstić information content (AvgIpc) is 2.51. The van der Waals surface area contributed by atoms with Crippen LogP contribution in [0.4, 0.5) is 5.69 Å². The molecule has 0 aromatic heterocycles. The zero-order valence-corrected chi connectivity index (χ0v) is 14.4. The second-order valence-corrected chi connectivity index (χ2v) is 6.07. The molecule has 1 atom stereocenters. The molecule has 0 aliphatic carbocycles. The lowest BCUT2D eigenvalue weighted by atomic mass is 10.0. The Hall–Kier alpha value is -2.68. The topological polar surface area (TPSA) is 139 Å². The summed E-state index contributed by atoms with van der Waals surface area (Å²) >= 11 is 5.82. The number of benzene rings is 1. The highest BCUT2D eigenvalue weighted by Crippen LogP contribution is 2.25. The van der Waals surface area contributed by atoms with Gasteiger partial charge in [-0.15, -0.1) is 0 Å². The van der Waals surface area contributed by atoms with Crippen LogP contribution in [0, 0.1) is 16.0 Å². The van der Waals surface area contributed by atoms with E-state index in [2.05, 4.69) is 10.6 Å². The maximum atomic E-state index is 12.1. The van der Waals surface area contributed by atoms with E-state index in [9.17, 15) is 24.5 Å². The van der Waals surface area contributed by atoms with E-state index in [1.165, 1.54) is 12.1 Å². The van der Waals surface area contributed by atoms with Crippen molar-refractivity contribution in [2.24, 2.45) is 5.92 Å². The van der Waals surface area contributed by atoms with Crippen LogP contribution in [-0.4, -0.2) is 40.4 Å². The number of carbonyl (C=O) groups excluding carboxylic acids is 2. The predicted molar refractivity (Wildman–Crippen MR) is 89.5 cm³/mol. The molecule has 0 bridgehead atoms. The van der Waals surface area contributed by atoms with Gasteiger partial charge in [0, 0.05) is 6.07 Å². The smallest absolute Gasteiger partial charge is 0.326 e. The fraction of sp³-hybridized carbons (Fsp3) is 0.400. The fourth-order valence-electron chi connectivity index (χ4n) is 2.08. The zero-order chi connectivity index (χ0) is 19.1. The molecule has 0 unspecified atom stereocenters. The van der Waals surface area contributed by atoms with Crippen LogP contribution in [0.3, 0.4) is 0 Å².